The van der Waals surface area contributed by atoms with E-state index in [1.807, 2.05) is 60.0 Å². The first kappa shape index (κ1) is 20.8. The summed E-state index contributed by atoms with van der Waals surface area (Å²) in [7, 11) is 0. The number of nitrogens with one attached hydrogen (secondary N) is 2. The summed E-state index contributed by atoms with van der Waals surface area (Å²) in [6, 6.07) is 16.8. The summed E-state index contributed by atoms with van der Waals surface area (Å²) in [6.45, 7) is 1.32. The molecule has 6 nitrogen and oxygen atoms in total. The monoisotopic (exact) mass is 412 g/mol. The maximum absolute atomic E-state index is 13.1. The number of hydrogen-bond donors (Lipinski definition) is 4. The SMILES string of the molecule is CC(Cc1csc2ccccc12)(NC(=O)O)C(=O)NC(CO)Cc1ccccc1. The van der Waals surface area contributed by atoms with E-state index in [2.05, 4.69) is 10.6 Å². The molecule has 2 atom stereocenters. The molecule has 2 unspecified atom stereocenters. The molecule has 0 aliphatic carbocycles. The Labute approximate surface area is 173 Å². The van der Waals surface area contributed by atoms with Crippen LogP contribution in [-0.4, -0.2) is 40.4 Å². The fraction of sp³-hybridized carbons (Fsp3) is 0.273. The molecule has 152 valence electrons. The number of aliphatic hydroxyl groups excluding tert-OH is 1. The highest BCUT2D eigenvalue weighted by Gasteiger charge is 2.37. The summed E-state index contributed by atoms with van der Waals surface area (Å²) in [4.78, 5) is 24.5. The van der Waals surface area contributed by atoms with Crippen molar-refractivity contribution in [3.63, 3.8) is 0 Å². The van der Waals surface area contributed by atoms with Gasteiger partial charge in [-0.15, -0.1) is 11.3 Å². The summed E-state index contributed by atoms with van der Waals surface area (Å²) >= 11 is 1.56. The van der Waals surface area contributed by atoms with Crippen LogP contribution in [0.1, 0.15) is 18.1 Å². The van der Waals surface area contributed by atoms with Gasteiger partial charge in [-0.1, -0.05) is 48.5 Å². The number of carbonyl (C=O) groups is 2. The van der Waals surface area contributed by atoms with E-state index in [-0.39, 0.29) is 13.0 Å². The van der Waals surface area contributed by atoms with Crippen molar-refractivity contribution in [2.24, 2.45) is 0 Å². The van der Waals surface area contributed by atoms with Gasteiger partial charge in [0.05, 0.1) is 12.6 Å². The molecular formula is C22H24N2O4S. The first-order chi connectivity index (χ1) is 13.9. The van der Waals surface area contributed by atoms with Crippen molar-refractivity contribution in [1.29, 1.82) is 0 Å². The van der Waals surface area contributed by atoms with Gasteiger partial charge < -0.3 is 20.8 Å². The first-order valence-electron chi connectivity index (χ1n) is 9.33. The van der Waals surface area contributed by atoms with Gasteiger partial charge in [-0.05, 0) is 41.3 Å². The summed E-state index contributed by atoms with van der Waals surface area (Å²) in [5.41, 5.74) is 0.504. The van der Waals surface area contributed by atoms with Crippen LogP contribution in [0.25, 0.3) is 10.1 Å². The standard InChI is InChI=1S/C22H24N2O4S/c1-22(24-21(27)28,12-16-14-29-19-10-6-5-9-18(16)19)20(26)23-17(13-25)11-15-7-3-2-4-8-15/h2-10,14,17,24-25H,11-13H2,1H3,(H,23,26)(H,27,28). The van der Waals surface area contributed by atoms with E-state index in [4.69, 9.17) is 0 Å². The van der Waals surface area contributed by atoms with Crippen LogP contribution < -0.4 is 10.6 Å². The second kappa shape index (κ2) is 9.07. The number of rotatable bonds is 8. The molecule has 2 aromatic carbocycles. The van der Waals surface area contributed by atoms with Crippen LogP contribution in [0.15, 0.2) is 60.0 Å². The lowest BCUT2D eigenvalue weighted by Crippen LogP contribution is -2.60. The topological polar surface area (TPSA) is 98.7 Å². The van der Waals surface area contributed by atoms with Crippen molar-refractivity contribution < 1.29 is 19.8 Å². The van der Waals surface area contributed by atoms with Gasteiger partial charge in [0.2, 0.25) is 5.91 Å². The van der Waals surface area contributed by atoms with E-state index in [1.54, 1.807) is 18.3 Å². The molecule has 0 radical (unpaired) electrons. The molecule has 1 aromatic heterocycles. The number of thiophene rings is 1. The normalized spacial score (nSPS) is 14.1. The molecule has 0 spiro atoms. The van der Waals surface area contributed by atoms with Crippen LogP contribution >= 0.6 is 11.3 Å². The van der Waals surface area contributed by atoms with E-state index in [1.165, 1.54) is 0 Å². The van der Waals surface area contributed by atoms with Crippen molar-refractivity contribution in [3.8, 4) is 0 Å². The molecule has 0 bridgehead atoms. The predicted molar refractivity (Wildman–Crippen MR) is 114 cm³/mol. The Morgan fingerprint density at radius 1 is 1.10 bits per heavy atom. The first-order valence-corrected chi connectivity index (χ1v) is 10.2. The van der Waals surface area contributed by atoms with Crippen molar-refractivity contribution in [2.45, 2.75) is 31.3 Å². The van der Waals surface area contributed by atoms with Gasteiger partial charge in [0.1, 0.15) is 5.54 Å². The van der Waals surface area contributed by atoms with Crippen molar-refractivity contribution >= 4 is 33.4 Å². The number of aliphatic hydroxyl groups is 1. The van der Waals surface area contributed by atoms with Crippen LogP contribution in [0.3, 0.4) is 0 Å². The van der Waals surface area contributed by atoms with Crippen molar-refractivity contribution in [3.05, 3.63) is 71.1 Å². The van der Waals surface area contributed by atoms with E-state index >= 15 is 0 Å². The zero-order valence-corrected chi connectivity index (χ0v) is 16.9. The highest BCUT2D eigenvalue weighted by atomic mass is 32.1. The molecule has 0 saturated carbocycles. The summed E-state index contributed by atoms with van der Waals surface area (Å²) in [6.07, 6.45) is -0.613. The number of amides is 2. The highest BCUT2D eigenvalue weighted by Crippen LogP contribution is 2.28. The average Bonchev–Trinajstić information content (AvgIpc) is 3.10. The molecule has 3 aromatic rings. The molecule has 0 fully saturated rings. The minimum Gasteiger partial charge on any atom is -0.465 e. The Kier molecular flexibility index (Phi) is 6.51. The second-order valence-corrected chi connectivity index (χ2v) is 8.15. The van der Waals surface area contributed by atoms with Gasteiger partial charge in [0, 0.05) is 11.1 Å². The number of fused-ring (bicyclic) bond motifs is 1. The maximum Gasteiger partial charge on any atom is 0.405 e. The van der Waals surface area contributed by atoms with E-state index < -0.39 is 23.6 Å². The van der Waals surface area contributed by atoms with E-state index in [0.29, 0.717) is 6.42 Å². The van der Waals surface area contributed by atoms with E-state index in [9.17, 15) is 19.8 Å². The van der Waals surface area contributed by atoms with Gasteiger partial charge in [0.25, 0.3) is 0 Å². The maximum atomic E-state index is 13.1. The molecule has 0 aliphatic heterocycles. The Morgan fingerprint density at radius 3 is 2.48 bits per heavy atom. The Balaban J connectivity index is 1.80. The molecule has 2 amide bonds. The minimum atomic E-state index is -1.38. The quantitative estimate of drug-likeness (QED) is 0.457. The fourth-order valence-corrected chi connectivity index (χ4v) is 4.34. The van der Waals surface area contributed by atoms with Crippen LogP contribution in [0.2, 0.25) is 0 Å². The summed E-state index contributed by atoms with van der Waals surface area (Å²) in [5, 5.41) is 27.2. The van der Waals surface area contributed by atoms with Gasteiger partial charge in [0.15, 0.2) is 0 Å². The predicted octanol–water partition coefficient (Wildman–Crippen LogP) is 3.19. The number of hydrogen-bond acceptors (Lipinski definition) is 4. The number of benzene rings is 2. The fourth-order valence-electron chi connectivity index (χ4n) is 3.37. The molecule has 0 aliphatic rings. The van der Waals surface area contributed by atoms with Crippen LogP contribution in [0.5, 0.6) is 0 Å². The molecule has 4 N–H and O–H groups in total. The molecule has 1 heterocycles. The van der Waals surface area contributed by atoms with Gasteiger partial charge in [-0.2, -0.15) is 0 Å². The second-order valence-electron chi connectivity index (χ2n) is 7.24. The summed E-state index contributed by atoms with van der Waals surface area (Å²) < 4.78 is 1.08. The zero-order chi connectivity index (χ0) is 20.9. The molecular weight excluding hydrogens is 388 g/mol. The van der Waals surface area contributed by atoms with Crippen molar-refractivity contribution in [2.75, 3.05) is 6.61 Å². The minimum absolute atomic E-state index is 0.207. The van der Waals surface area contributed by atoms with Crippen LogP contribution in [0.4, 0.5) is 4.79 Å². The van der Waals surface area contributed by atoms with E-state index in [0.717, 1.165) is 21.2 Å². The van der Waals surface area contributed by atoms with Gasteiger partial charge in [-0.3, -0.25) is 4.79 Å². The highest BCUT2D eigenvalue weighted by molar-refractivity contribution is 7.17. The number of carboxylic acid groups (broad SMARTS) is 1. The zero-order valence-electron chi connectivity index (χ0n) is 16.1. The summed E-state index contributed by atoms with van der Waals surface area (Å²) in [5.74, 6) is -0.467. The van der Waals surface area contributed by atoms with Crippen molar-refractivity contribution in [1.82, 2.24) is 10.6 Å². The number of carbonyl (C=O) groups excluding carboxylic acids is 1. The smallest absolute Gasteiger partial charge is 0.405 e. The van der Waals surface area contributed by atoms with Crippen LogP contribution in [-0.2, 0) is 17.6 Å². The van der Waals surface area contributed by atoms with Gasteiger partial charge in [-0.25, -0.2) is 4.79 Å². The lowest BCUT2D eigenvalue weighted by Gasteiger charge is -2.30. The molecule has 7 heteroatoms. The Bertz CT molecular complexity index is 989. The average molecular weight is 413 g/mol. The van der Waals surface area contributed by atoms with Gasteiger partial charge >= 0.3 is 6.09 Å². The molecule has 29 heavy (non-hydrogen) atoms. The third kappa shape index (κ3) is 5.13. The largest absolute Gasteiger partial charge is 0.465 e. The van der Waals surface area contributed by atoms with Crippen LogP contribution in [0, 0.1) is 0 Å². The Morgan fingerprint density at radius 2 is 1.79 bits per heavy atom. The third-order valence-corrected chi connectivity index (χ3v) is 5.88. The lowest BCUT2D eigenvalue weighted by atomic mass is 9.91. The third-order valence-electron chi connectivity index (χ3n) is 4.87. The molecule has 3 rings (SSSR count). The Hall–Kier alpha value is -2.90. The molecule has 0 saturated heterocycles. The lowest BCUT2D eigenvalue weighted by molar-refractivity contribution is -0.127.